The van der Waals surface area contributed by atoms with Gasteiger partial charge in [-0.2, -0.15) is 0 Å². The van der Waals surface area contributed by atoms with Gasteiger partial charge in [0.05, 0.1) is 6.04 Å². The van der Waals surface area contributed by atoms with Crippen molar-refractivity contribution in [3.8, 4) is 11.4 Å². The van der Waals surface area contributed by atoms with Gasteiger partial charge in [0.2, 0.25) is 0 Å². The molecule has 0 radical (unpaired) electrons. The van der Waals surface area contributed by atoms with Crippen LogP contribution in [0.3, 0.4) is 0 Å². The first kappa shape index (κ1) is 14.0. The molecule has 1 atom stereocenters. The molecular weight excluding hydrogens is 262 g/mol. The van der Waals surface area contributed by atoms with Crippen LogP contribution in [0.4, 0.5) is 5.69 Å². The lowest BCUT2D eigenvalue weighted by Crippen LogP contribution is -2.21. The normalized spacial score (nSPS) is 17.8. The van der Waals surface area contributed by atoms with Crippen LogP contribution < -0.4 is 5.73 Å². The van der Waals surface area contributed by atoms with Gasteiger partial charge in [-0.3, -0.25) is 0 Å². The molecule has 1 aromatic heterocycles. The number of tetrazole rings is 1. The van der Waals surface area contributed by atoms with Gasteiger partial charge in [0, 0.05) is 11.3 Å². The summed E-state index contributed by atoms with van der Waals surface area (Å²) in [6, 6.07) is 6.24. The zero-order valence-corrected chi connectivity index (χ0v) is 12.8. The Morgan fingerprint density at radius 2 is 2.00 bits per heavy atom. The molecule has 1 saturated carbocycles. The topological polar surface area (TPSA) is 69.6 Å². The quantitative estimate of drug-likeness (QED) is 0.878. The first-order chi connectivity index (χ1) is 10.2. The highest BCUT2D eigenvalue weighted by molar-refractivity contribution is 5.63. The minimum atomic E-state index is 0.340. The van der Waals surface area contributed by atoms with Crippen LogP contribution in [0.25, 0.3) is 11.4 Å². The molecule has 1 unspecified atom stereocenters. The Balaban J connectivity index is 1.93. The molecule has 2 aromatic rings. The van der Waals surface area contributed by atoms with Crippen LogP contribution in [0.15, 0.2) is 18.2 Å². The molecule has 1 heterocycles. The van der Waals surface area contributed by atoms with Gasteiger partial charge in [0.15, 0.2) is 5.82 Å². The highest BCUT2D eigenvalue weighted by Gasteiger charge is 2.25. The fourth-order valence-electron chi connectivity index (χ4n) is 3.40. The third-order valence-corrected chi connectivity index (χ3v) is 4.70. The van der Waals surface area contributed by atoms with E-state index < -0.39 is 0 Å². The molecule has 0 spiro atoms. The molecule has 5 nitrogen and oxygen atoms in total. The molecule has 0 saturated heterocycles. The fraction of sp³-hybridized carbons (Fsp3) is 0.562. The number of aryl methyl sites for hydroxylation is 1. The van der Waals surface area contributed by atoms with E-state index in [1.54, 1.807) is 0 Å². The number of rotatable bonds is 3. The van der Waals surface area contributed by atoms with E-state index in [2.05, 4.69) is 29.4 Å². The van der Waals surface area contributed by atoms with E-state index in [0.717, 1.165) is 22.6 Å². The molecule has 2 N–H and O–H groups in total. The summed E-state index contributed by atoms with van der Waals surface area (Å²) in [5.74, 6) is 1.53. The second kappa shape index (κ2) is 5.84. The smallest absolute Gasteiger partial charge is 0.182 e. The first-order valence-corrected chi connectivity index (χ1v) is 7.81. The van der Waals surface area contributed by atoms with Gasteiger partial charge >= 0.3 is 0 Å². The number of aromatic nitrogens is 4. The van der Waals surface area contributed by atoms with E-state index in [1.165, 1.54) is 32.1 Å². The molecule has 0 aliphatic heterocycles. The van der Waals surface area contributed by atoms with Crippen LogP contribution >= 0.6 is 0 Å². The van der Waals surface area contributed by atoms with E-state index in [1.807, 2.05) is 22.9 Å². The van der Waals surface area contributed by atoms with Crippen LogP contribution in [0.1, 0.15) is 50.6 Å². The maximum absolute atomic E-state index is 5.84. The number of nitrogen functional groups attached to an aromatic ring is 1. The van der Waals surface area contributed by atoms with Crippen molar-refractivity contribution in [1.82, 2.24) is 20.2 Å². The Morgan fingerprint density at radius 3 is 2.71 bits per heavy atom. The van der Waals surface area contributed by atoms with Crippen molar-refractivity contribution in [1.29, 1.82) is 0 Å². The maximum Gasteiger partial charge on any atom is 0.182 e. The van der Waals surface area contributed by atoms with E-state index >= 15 is 0 Å². The van der Waals surface area contributed by atoms with Crippen molar-refractivity contribution >= 4 is 5.69 Å². The van der Waals surface area contributed by atoms with Gasteiger partial charge in [-0.15, -0.1) is 5.10 Å². The number of nitrogens with two attached hydrogens (primary N) is 1. The largest absolute Gasteiger partial charge is 0.399 e. The predicted octanol–water partition coefficient (Wildman–Crippen LogP) is 3.37. The van der Waals surface area contributed by atoms with Crippen LogP contribution in [0.2, 0.25) is 0 Å². The van der Waals surface area contributed by atoms with Gasteiger partial charge in [0.1, 0.15) is 0 Å². The molecule has 1 aliphatic rings. The predicted molar refractivity (Wildman–Crippen MR) is 83.7 cm³/mol. The van der Waals surface area contributed by atoms with Crippen LogP contribution in [0, 0.1) is 12.8 Å². The molecule has 1 aromatic carbocycles. The van der Waals surface area contributed by atoms with Gasteiger partial charge in [-0.25, -0.2) is 4.68 Å². The van der Waals surface area contributed by atoms with E-state index in [9.17, 15) is 0 Å². The Hall–Kier alpha value is -1.91. The third-order valence-electron chi connectivity index (χ3n) is 4.70. The van der Waals surface area contributed by atoms with Crippen molar-refractivity contribution in [2.24, 2.45) is 5.92 Å². The van der Waals surface area contributed by atoms with Crippen molar-refractivity contribution < 1.29 is 0 Å². The molecule has 3 rings (SSSR count). The van der Waals surface area contributed by atoms with Crippen LogP contribution in [0.5, 0.6) is 0 Å². The van der Waals surface area contributed by atoms with Gasteiger partial charge in [-0.1, -0.05) is 19.3 Å². The average Bonchev–Trinajstić information content (AvgIpc) is 2.96. The SMILES string of the molecule is Cc1cc(N)ccc1-c1nnnn1C(C)C1CCCCC1. The monoisotopic (exact) mass is 285 g/mol. The standard InChI is InChI=1S/C16H23N5/c1-11-10-14(17)8-9-15(11)16-18-19-20-21(16)12(2)13-6-4-3-5-7-13/h8-10,12-13H,3-7,17H2,1-2H3. The fourth-order valence-corrected chi connectivity index (χ4v) is 3.40. The highest BCUT2D eigenvalue weighted by atomic mass is 15.5. The van der Waals surface area contributed by atoms with Crippen LogP contribution in [-0.2, 0) is 0 Å². The number of nitrogens with zero attached hydrogens (tertiary/aromatic N) is 4. The summed E-state index contributed by atoms with van der Waals surface area (Å²) in [5, 5.41) is 12.4. The Morgan fingerprint density at radius 1 is 1.24 bits per heavy atom. The summed E-state index contributed by atoms with van der Waals surface area (Å²) in [6.45, 7) is 4.29. The first-order valence-electron chi connectivity index (χ1n) is 7.81. The summed E-state index contributed by atoms with van der Waals surface area (Å²) in [7, 11) is 0. The average molecular weight is 285 g/mol. The van der Waals surface area contributed by atoms with E-state index in [-0.39, 0.29) is 0 Å². The van der Waals surface area contributed by atoms with Crippen molar-refractivity contribution in [2.45, 2.75) is 52.0 Å². The summed E-state index contributed by atoms with van der Waals surface area (Å²) in [4.78, 5) is 0. The summed E-state index contributed by atoms with van der Waals surface area (Å²) in [5.41, 5.74) is 8.79. The van der Waals surface area contributed by atoms with Gasteiger partial charge < -0.3 is 5.73 Å². The Labute approximate surface area is 125 Å². The minimum absolute atomic E-state index is 0.340. The third kappa shape index (κ3) is 2.77. The van der Waals surface area contributed by atoms with Crippen molar-refractivity contribution in [3.63, 3.8) is 0 Å². The summed E-state index contributed by atoms with van der Waals surface area (Å²) in [6.07, 6.45) is 6.58. The Kier molecular flexibility index (Phi) is 3.90. The van der Waals surface area contributed by atoms with Gasteiger partial charge in [0.25, 0.3) is 0 Å². The van der Waals surface area contributed by atoms with Crippen molar-refractivity contribution in [3.05, 3.63) is 23.8 Å². The molecular formula is C16H23N5. The van der Waals surface area contributed by atoms with E-state index in [4.69, 9.17) is 5.73 Å². The number of benzene rings is 1. The minimum Gasteiger partial charge on any atom is -0.399 e. The number of hydrogen-bond acceptors (Lipinski definition) is 4. The van der Waals surface area contributed by atoms with Crippen molar-refractivity contribution in [2.75, 3.05) is 5.73 Å². The molecule has 21 heavy (non-hydrogen) atoms. The molecule has 112 valence electrons. The Bertz CT molecular complexity index is 613. The highest BCUT2D eigenvalue weighted by Crippen LogP contribution is 2.34. The van der Waals surface area contributed by atoms with Crippen LogP contribution in [-0.4, -0.2) is 20.2 Å². The zero-order chi connectivity index (χ0) is 14.8. The second-order valence-corrected chi connectivity index (χ2v) is 6.16. The molecule has 0 bridgehead atoms. The lowest BCUT2D eigenvalue weighted by atomic mass is 9.84. The lowest BCUT2D eigenvalue weighted by Gasteiger charge is -2.28. The molecule has 0 amide bonds. The molecule has 5 heteroatoms. The van der Waals surface area contributed by atoms with E-state index in [0.29, 0.717) is 12.0 Å². The number of anilines is 1. The van der Waals surface area contributed by atoms with Gasteiger partial charge in [-0.05, 0) is 66.8 Å². The summed E-state index contributed by atoms with van der Waals surface area (Å²) >= 11 is 0. The molecule has 1 aliphatic carbocycles. The number of hydrogen-bond donors (Lipinski definition) is 1. The summed E-state index contributed by atoms with van der Waals surface area (Å²) < 4.78 is 1.99. The second-order valence-electron chi connectivity index (χ2n) is 6.16. The zero-order valence-electron chi connectivity index (χ0n) is 12.8. The maximum atomic E-state index is 5.84. The lowest BCUT2D eigenvalue weighted by molar-refractivity contribution is 0.249. The molecule has 1 fully saturated rings.